The highest BCUT2D eigenvalue weighted by Crippen LogP contribution is 2.17. The van der Waals surface area contributed by atoms with E-state index < -0.39 is 0 Å². The van der Waals surface area contributed by atoms with E-state index in [-0.39, 0.29) is 30.5 Å². The molecule has 17 heavy (non-hydrogen) atoms. The predicted molar refractivity (Wildman–Crippen MR) is 71.3 cm³/mol. The molecule has 1 rings (SSSR count). The summed E-state index contributed by atoms with van der Waals surface area (Å²) >= 11 is 0. The van der Waals surface area contributed by atoms with Gasteiger partial charge in [0.1, 0.15) is 6.10 Å². The molecule has 0 radical (unpaired) electrons. The predicted octanol–water partition coefficient (Wildman–Crippen LogP) is 1.34. The Hall–Kier alpha value is -0.580. The number of nitrogens with zero attached hydrogens (tertiary/aromatic N) is 1. The molecule has 1 fully saturated rings. The van der Waals surface area contributed by atoms with Gasteiger partial charge >= 0.3 is 0 Å². The summed E-state index contributed by atoms with van der Waals surface area (Å²) < 4.78 is 5.45. The van der Waals surface area contributed by atoms with Crippen molar-refractivity contribution >= 4 is 18.3 Å². The van der Waals surface area contributed by atoms with Crippen LogP contribution in [0.2, 0.25) is 0 Å². The molecule has 2 atom stereocenters. The van der Waals surface area contributed by atoms with Gasteiger partial charge in [0.2, 0.25) is 0 Å². The Balaban J connectivity index is 0.00000256. The zero-order valence-electron chi connectivity index (χ0n) is 10.4. The first-order valence-corrected chi connectivity index (χ1v) is 5.93. The first kappa shape index (κ1) is 16.4. The Bertz CT molecular complexity index is 249. The maximum Gasteiger partial charge on any atom is 0.251 e. The second-order valence-electron chi connectivity index (χ2n) is 4.15. The van der Waals surface area contributed by atoms with Crippen molar-refractivity contribution in [3.8, 4) is 0 Å². The molecule has 1 amide bonds. The van der Waals surface area contributed by atoms with Gasteiger partial charge in [0, 0.05) is 19.1 Å². The van der Waals surface area contributed by atoms with Crippen LogP contribution >= 0.6 is 12.4 Å². The highest BCUT2D eigenvalue weighted by Gasteiger charge is 2.30. The number of rotatable bonds is 6. The Kier molecular flexibility index (Phi) is 8.21. The van der Waals surface area contributed by atoms with Gasteiger partial charge in [-0.2, -0.15) is 0 Å². The average Bonchev–Trinajstić information content (AvgIpc) is 2.76. The standard InChI is InChI=1S/C12H22N2O2.ClH/c1-3-4-8-16-10(2)12(15)14-7-5-6-11(14)9-13;/h3,10-11H,1,4-9,13H2,2H3;1H. The summed E-state index contributed by atoms with van der Waals surface area (Å²) in [6.07, 6.45) is 4.26. The van der Waals surface area contributed by atoms with Crippen LogP contribution in [0, 0.1) is 0 Å². The number of nitrogens with two attached hydrogens (primary N) is 1. The van der Waals surface area contributed by atoms with Crippen LogP contribution in [0.25, 0.3) is 0 Å². The molecule has 0 aromatic heterocycles. The number of hydrogen-bond donors (Lipinski definition) is 1. The van der Waals surface area contributed by atoms with Gasteiger partial charge in [-0.05, 0) is 26.2 Å². The van der Waals surface area contributed by atoms with Gasteiger partial charge in [0.05, 0.1) is 6.61 Å². The highest BCUT2D eigenvalue weighted by atomic mass is 35.5. The van der Waals surface area contributed by atoms with Gasteiger partial charge in [-0.1, -0.05) is 6.08 Å². The molecule has 0 bridgehead atoms. The number of ether oxygens (including phenoxy) is 1. The molecular formula is C12H23ClN2O2. The monoisotopic (exact) mass is 262 g/mol. The van der Waals surface area contributed by atoms with Crippen molar-refractivity contribution in [1.29, 1.82) is 0 Å². The van der Waals surface area contributed by atoms with Crippen molar-refractivity contribution in [1.82, 2.24) is 4.90 Å². The summed E-state index contributed by atoms with van der Waals surface area (Å²) in [5.74, 6) is 0.0667. The van der Waals surface area contributed by atoms with Crippen LogP contribution in [0.3, 0.4) is 0 Å². The zero-order chi connectivity index (χ0) is 12.0. The van der Waals surface area contributed by atoms with Crippen LogP contribution in [0.5, 0.6) is 0 Å². The first-order valence-electron chi connectivity index (χ1n) is 5.93. The maximum atomic E-state index is 12.0. The van der Waals surface area contributed by atoms with E-state index in [1.807, 2.05) is 4.90 Å². The quantitative estimate of drug-likeness (QED) is 0.581. The van der Waals surface area contributed by atoms with Crippen molar-refractivity contribution in [2.75, 3.05) is 19.7 Å². The summed E-state index contributed by atoms with van der Waals surface area (Å²) in [6, 6.07) is 0.206. The van der Waals surface area contributed by atoms with E-state index in [2.05, 4.69) is 6.58 Å². The van der Waals surface area contributed by atoms with Crippen LogP contribution < -0.4 is 5.73 Å². The highest BCUT2D eigenvalue weighted by molar-refractivity contribution is 5.85. The lowest BCUT2D eigenvalue weighted by molar-refractivity contribution is -0.143. The molecule has 2 N–H and O–H groups in total. The van der Waals surface area contributed by atoms with E-state index in [4.69, 9.17) is 10.5 Å². The molecular weight excluding hydrogens is 240 g/mol. The minimum atomic E-state index is -0.368. The van der Waals surface area contributed by atoms with Crippen molar-refractivity contribution in [3.05, 3.63) is 12.7 Å². The fourth-order valence-electron chi connectivity index (χ4n) is 2.00. The van der Waals surface area contributed by atoms with Gasteiger partial charge in [-0.3, -0.25) is 4.79 Å². The molecule has 0 aliphatic carbocycles. The summed E-state index contributed by atoms with van der Waals surface area (Å²) in [4.78, 5) is 13.9. The Labute approximate surface area is 110 Å². The fraction of sp³-hybridized carbons (Fsp3) is 0.750. The number of carbonyl (C=O) groups excluding carboxylic acids is 1. The third kappa shape index (κ3) is 4.66. The number of halogens is 1. The van der Waals surface area contributed by atoms with E-state index in [0.29, 0.717) is 13.2 Å². The normalized spacial score (nSPS) is 20.8. The average molecular weight is 263 g/mol. The summed E-state index contributed by atoms with van der Waals surface area (Å²) in [5, 5.41) is 0. The van der Waals surface area contributed by atoms with Crippen LogP contribution in [-0.4, -0.2) is 42.6 Å². The second kappa shape index (κ2) is 8.50. The fourth-order valence-corrected chi connectivity index (χ4v) is 2.00. The Morgan fingerprint density at radius 3 is 3.00 bits per heavy atom. The number of likely N-dealkylation sites (tertiary alicyclic amines) is 1. The number of carbonyl (C=O) groups is 1. The summed E-state index contributed by atoms with van der Waals surface area (Å²) in [6.45, 7) is 7.33. The van der Waals surface area contributed by atoms with Crippen molar-refractivity contribution in [2.24, 2.45) is 5.73 Å². The molecule has 2 unspecified atom stereocenters. The largest absolute Gasteiger partial charge is 0.368 e. The molecule has 1 heterocycles. The van der Waals surface area contributed by atoms with Crippen LogP contribution in [0.15, 0.2) is 12.7 Å². The molecule has 4 nitrogen and oxygen atoms in total. The third-order valence-electron chi connectivity index (χ3n) is 2.97. The van der Waals surface area contributed by atoms with E-state index in [0.717, 1.165) is 25.8 Å². The first-order chi connectivity index (χ1) is 7.70. The molecule has 5 heteroatoms. The van der Waals surface area contributed by atoms with Gasteiger partial charge in [-0.25, -0.2) is 0 Å². The SMILES string of the molecule is C=CCCOC(C)C(=O)N1CCCC1CN.Cl. The van der Waals surface area contributed by atoms with Crippen LogP contribution in [0.1, 0.15) is 26.2 Å². The van der Waals surface area contributed by atoms with Crippen LogP contribution in [-0.2, 0) is 9.53 Å². The lowest BCUT2D eigenvalue weighted by atomic mass is 10.2. The number of amides is 1. The molecule has 1 saturated heterocycles. The lowest BCUT2D eigenvalue weighted by Gasteiger charge is -2.26. The van der Waals surface area contributed by atoms with Crippen molar-refractivity contribution < 1.29 is 9.53 Å². The Morgan fingerprint density at radius 2 is 2.41 bits per heavy atom. The minimum Gasteiger partial charge on any atom is -0.368 e. The van der Waals surface area contributed by atoms with E-state index >= 15 is 0 Å². The number of hydrogen-bond acceptors (Lipinski definition) is 3. The van der Waals surface area contributed by atoms with Crippen molar-refractivity contribution in [2.45, 2.75) is 38.3 Å². The molecule has 1 aliphatic heterocycles. The minimum absolute atomic E-state index is 0. The maximum absolute atomic E-state index is 12.0. The van der Waals surface area contributed by atoms with Gasteiger partial charge in [0.15, 0.2) is 0 Å². The zero-order valence-corrected chi connectivity index (χ0v) is 11.2. The second-order valence-corrected chi connectivity index (χ2v) is 4.15. The molecule has 0 aromatic carbocycles. The van der Waals surface area contributed by atoms with Gasteiger partial charge in [0.25, 0.3) is 5.91 Å². The van der Waals surface area contributed by atoms with Crippen molar-refractivity contribution in [3.63, 3.8) is 0 Å². The smallest absolute Gasteiger partial charge is 0.251 e. The molecule has 0 saturated carbocycles. The topological polar surface area (TPSA) is 55.6 Å². The molecule has 100 valence electrons. The lowest BCUT2D eigenvalue weighted by Crippen LogP contribution is -2.45. The van der Waals surface area contributed by atoms with E-state index in [1.54, 1.807) is 13.0 Å². The van der Waals surface area contributed by atoms with E-state index in [1.165, 1.54) is 0 Å². The molecule has 0 spiro atoms. The Morgan fingerprint density at radius 1 is 1.71 bits per heavy atom. The molecule has 1 aliphatic rings. The summed E-state index contributed by atoms with van der Waals surface area (Å²) in [7, 11) is 0. The van der Waals surface area contributed by atoms with E-state index in [9.17, 15) is 4.79 Å². The van der Waals surface area contributed by atoms with Gasteiger partial charge in [-0.15, -0.1) is 19.0 Å². The molecule has 0 aromatic rings. The third-order valence-corrected chi connectivity index (χ3v) is 2.97. The van der Waals surface area contributed by atoms with Gasteiger partial charge < -0.3 is 15.4 Å². The van der Waals surface area contributed by atoms with Crippen LogP contribution in [0.4, 0.5) is 0 Å². The summed E-state index contributed by atoms with van der Waals surface area (Å²) in [5.41, 5.74) is 5.64.